The Labute approximate surface area is 148 Å². The lowest BCUT2D eigenvalue weighted by atomic mass is 10.1. The number of carboxylic acids is 1. The SMILES string of the molecule is Cc1cccc(C)c1N(CC(=O)O)C(=O)CSC(=O)c1cccs1. The van der Waals surface area contributed by atoms with Crippen molar-refractivity contribution in [2.45, 2.75) is 13.8 Å². The van der Waals surface area contributed by atoms with Crippen molar-refractivity contribution in [3.05, 3.63) is 51.7 Å². The van der Waals surface area contributed by atoms with Crippen molar-refractivity contribution in [3.63, 3.8) is 0 Å². The fraction of sp³-hybridized carbons (Fsp3) is 0.235. The molecule has 1 amide bonds. The summed E-state index contributed by atoms with van der Waals surface area (Å²) < 4.78 is 0. The van der Waals surface area contributed by atoms with Crippen LogP contribution >= 0.6 is 23.1 Å². The number of benzene rings is 1. The van der Waals surface area contributed by atoms with Gasteiger partial charge in [-0.2, -0.15) is 0 Å². The number of nitrogens with zero attached hydrogens (tertiary/aromatic N) is 1. The van der Waals surface area contributed by atoms with Crippen LogP contribution in [0, 0.1) is 13.8 Å². The largest absolute Gasteiger partial charge is 0.480 e. The van der Waals surface area contributed by atoms with Gasteiger partial charge in [0.1, 0.15) is 6.54 Å². The van der Waals surface area contributed by atoms with E-state index >= 15 is 0 Å². The van der Waals surface area contributed by atoms with E-state index in [0.29, 0.717) is 10.6 Å². The van der Waals surface area contributed by atoms with Crippen LogP contribution in [-0.4, -0.2) is 34.4 Å². The first kappa shape index (κ1) is 18.2. The van der Waals surface area contributed by atoms with Crippen LogP contribution in [0.3, 0.4) is 0 Å². The second-order valence-corrected chi connectivity index (χ2v) is 7.06. The van der Waals surface area contributed by atoms with Gasteiger partial charge in [0.2, 0.25) is 11.0 Å². The molecule has 1 N–H and O–H groups in total. The molecule has 0 spiro atoms. The Morgan fingerprint density at radius 1 is 1.12 bits per heavy atom. The number of aliphatic carboxylic acids is 1. The van der Waals surface area contributed by atoms with E-state index in [1.165, 1.54) is 16.2 Å². The molecule has 0 aliphatic heterocycles. The molecule has 0 aliphatic rings. The summed E-state index contributed by atoms with van der Waals surface area (Å²) in [6.07, 6.45) is 0. The topological polar surface area (TPSA) is 74.7 Å². The average Bonchev–Trinajstić information content (AvgIpc) is 3.05. The predicted octanol–water partition coefficient (Wildman–Crippen LogP) is 3.36. The number of hydrogen-bond donors (Lipinski definition) is 1. The summed E-state index contributed by atoms with van der Waals surface area (Å²) in [6, 6.07) is 8.98. The maximum absolute atomic E-state index is 12.6. The zero-order chi connectivity index (χ0) is 17.7. The summed E-state index contributed by atoms with van der Waals surface area (Å²) in [7, 11) is 0. The predicted molar refractivity (Wildman–Crippen MR) is 97.0 cm³/mol. The van der Waals surface area contributed by atoms with Crippen molar-refractivity contribution in [3.8, 4) is 0 Å². The van der Waals surface area contributed by atoms with E-state index in [1.807, 2.05) is 32.0 Å². The minimum absolute atomic E-state index is 0.0994. The van der Waals surface area contributed by atoms with Crippen LogP contribution in [0.5, 0.6) is 0 Å². The van der Waals surface area contributed by atoms with Crippen molar-refractivity contribution in [2.75, 3.05) is 17.2 Å². The second-order valence-electron chi connectivity index (χ2n) is 5.17. The third-order valence-electron chi connectivity index (χ3n) is 3.35. The zero-order valence-electron chi connectivity index (χ0n) is 13.3. The lowest BCUT2D eigenvalue weighted by Gasteiger charge is -2.24. The smallest absolute Gasteiger partial charge is 0.323 e. The van der Waals surface area contributed by atoms with Gasteiger partial charge in [-0.15, -0.1) is 11.3 Å². The third kappa shape index (κ3) is 4.46. The molecule has 126 valence electrons. The van der Waals surface area contributed by atoms with Gasteiger partial charge in [-0.1, -0.05) is 36.0 Å². The van der Waals surface area contributed by atoms with Crippen LogP contribution in [0.1, 0.15) is 20.8 Å². The Balaban J connectivity index is 2.17. The molecule has 0 fully saturated rings. The van der Waals surface area contributed by atoms with E-state index in [9.17, 15) is 14.4 Å². The Morgan fingerprint density at radius 3 is 2.33 bits per heavy atom. The number of aryl methyl sites for hydroxylation is 2. The molecular weight excluding hydrogens is 346 g/mol. The molecule has 0 unspecified atom stereocenters. The van der Waals surface area contributed by atoms with Crippen molar-refractivity contribution in [1.29, 1.82) is 0 Å². The number of para-hydroxylation sites is 1. The minimum atomic E-state index is -1.10. The lowest BCUT2D eigenvalue weighted by molar-refractivity contribution is -0.136. The highest BCUT2D eigenvalue weighted by Gasteiger charge is 2.23. The molecule has 7 heteroatoms. The first-order valence-corrected chi connectivity index (χ1v) is 9.05. The Hall–Kier alpha value is -2.12. The fourth-order valence-electron chi connectivity index (χ4n) is 2.33. The van der Waals surface area contributed by atoms with E-state index in [2.05, 4.69) is 0 Å². The average molecular weight is 363 g/mol. The molecule has 0 bridgehead atoms. The quantitative estimate of drug-likeness (QED) is 0.852. The van der Waals surface area contributed by atoms with Crippen LogP contribution in [0.15, 0.2) is 35.7 Å². The van der Waals surface area contributed by atoms with Gasteiger partial charge in [0.05, 0.1) is 16.3 Å². The number of thioether (sulfide) groups is 1. The molecule has 0 saturated carbocycles. The molecule has 0 saturated heterocycles. The Bertz CT molecular complexity index is 736. The molecule has 0 radical (unpaired) electrons. The summed E-state index contributed by atoms with van der Waals surface area (Å²) in [4.78, 5) is 37.5. The summed E-state index contributed by atoms with van der Waals surface area (Å²) in [5.74, 6) is -1.59. The number of carbonyl (C=O) groups excluding carboxylic acids is 2. The lowest BCUT2D eigenvalue weighted by Crippen LogP contribution is -2.38. The molecule has 5 nitrogen and oxygen atoms in total. The van der Waals surface area contributed by atoms with Gasteiger partial charge in [-0.3, -0.25) is 19.3 Å². The number of carboxylic acid groups (broad SMARTS) is 1. The third-order valence-corrected chi connectivity index (χ3v) is 5.22. The molecule has 2 aromatic rings. The first-order valence-electron chi connectivity index (χ1n) is 7.19. The number of hydrogen-bond acceptors (Lipinski definition) is 5. The van der Waals surface area contributed by atoms with E-state index in [4.69, 9.17) is 5.11 Å². The number of anilines is 1. The van der Waals surface area contributed by atoms with Crippen LogP contribution < -0.4 is 4.90 Å². The number of rotatable bonds is 6. The fourth-order valence-corrected chi connectivity index (χ4v) is 3.83. The summed E-state index contributed by atoms with van der Waals surface area (Å²) in [5.41, 5.74) is 2.23. The van der Waals surface area contributed by atoms with Crippen molar-refractivity contribution in [2.24, 2.45) is 0 Å². The Morgan fingerprint density at radius 2 is 1.79 bits per heavy atom. The van der Waals surface area contributed by atoms with Crippen molar-refractivity contribution in [1.82, 2.24) is 0 Å². The van der Waals surface area contributed by atoms with Gasteiger partial charge in [0.25, 0.3) is 0 Å². The van der Waals surface area contributed by atoms with Crippen LogP contribution in [0.25, 0.3) is 0 Å². The van der Waals surface area contributed by atoms with Crippen molar-refractivity contribution >= 4 is 45.8 Å². The summed E-state index contributed by atoms with van der Waals surface area (Å²) >= 11 is 2.21. The van der Waals surface area contributed by atoms with Crippen LogP contribution in [0.2, 0.25) is 0 Å². The zero-order valence-corrected chi connectivity index (χ0v) is 14.9. The normalized spacial score (nSPS) is 10.4. The van der Waals surface area contributed by atoms with Crippen LogP contribution in [-0.2, 0) is 9.59 Å². The van der Waals surface area contributed by atoms with Crippen LogP contribution in [0.4, 0.5) is 5.69 Å². The number of carbonyl (C=O) groups is 3. The van der Waals surface area contributed by atoms with Gasteiger partial charge in [-0.25, -0.2) is 0 Å². The maximum Gasteiger partial charge on any atom is 0.323 e. The first-order chi connectivity index (χ1) is 11.4. The van der Waals surface area contributed by atoms with Gasteiger partial charge in [0, 0.05) is 0 Å². The van der Waals surface area contributed by atoms with E-state index in [1.54, 1.807) is 17.5 Å². The van der Waals surface area contributed by atoms with Gasteiger partial charge in [0.15, 0.2) is 0 Å². The highest BCUT2D eigenvalue weighted by molar-refractivity contribution is 8.14. The molecule has 1 aromatic carbocycles. The van der Waals surface area contributed by atoms with E-state index in [0.717, 1.165) is 22.9 Å². The van der Waals surface area contributed by atoms with E-state index in [-0.39, 0.29) is 10.9 Å². The minimum Gasteiger partial charge on any atom is -0.480 e. The molecule has 1 heterocycles. The second kappa shape index (κ2) is 8.12. The Kier molecular flexibility index (Phi) is 6.16. The molecule has 0 atom stereocenters. The highest BCUT2D eigenvalue weighted by Crippen LogP contribution is 2.26. The highest BCUT2D eigenvalue weighted by atomic mass is 32.2. The standard InChI is InChI=1S/C17H17NO4S2/c1-11-5-3-6-12(2)16(11)18(9-15(20)21)14(19)10-24-17(22)13-7-4-8-23-13/h3-8H,9-10H2,1-2H3,(H,20,21). The van der Waals surface area contributed by atoms with Gasteiger partial charge >= 0.3 is 5.97 Å². The molecule has 1 aromatic heterocycles. The summed E-state index contributed by atoms with van der Waals surface area (Å²) in [6.45, 7) is 3.22. The number of thiophene rings is 1. The molecule has 24 heavy (non-hydrogen) atoms. The van der Waals surface area contributed by atoms with Gasteiger partial charge < -0.3 is 5.11 Å². The summed E-state index contributed by atoms with van der Waals surface area (Å²) in [5, 5.41) is 10.7. The molecule has 0 aliphatic carbocycles. The van der Waals surface area contributed by atoms with Crippen molar-refractivity contribution < 1.29 is 19.5 Å². The monoisotopic (exact) mass is 363 g/mol. The molecular formula is C17H17NO4S2. The number of amides is 1. The van der Waals surface area contributed by atoms with E-state index < -0.39 is 18.4 Å². The molecule has 2 rings (SSSR count). The van der Waals surface area contributed by atoms with Gasteiger partial charge in [-0.05, 0) is 36.4 Å². The maximum atomic E-state index is 12.6.